The molecule has 2 aromatic carbocycles. The Balaban J connectivity index is 1.94. The van der Waals surface area contributed by atoms with Gasteiger partial charge in [0.05, 0.1) is 4.91 Å². The molecule has 1 N–H and O–H groups in total. The standard InChI is InChI=1S/C19H21NO4S/c1-19(2)17(25(21,22)20-18(23-3)24-19)13-14-9-11-16(12-10-14)15-7-5-4-6-8-15/h4-13,18,20H,1-3H3/b17-13+. The Hall–Kier alpha value is -1.99. The van der Waals surface area contributed by atoms with E-state index in [0.29, 0.717) is 0 Å². The number of ether oxygens (including phenoxy) is 2. The summed E-state index contributed by atoms with van der Waals surface area (Å²) in [6.07, 6.45) is 0.640. The predicted octanol–water partition coefficient (Wildman–Crippen LogP) is 3.35. The second-order valence-electron chi connectivity index (χ2n) is 6.31. The molecule has 25 heavy (non-hydrogen) atoms. The molecule has 1 saturated heterocycles. The van der Waals surface area contributed by atoms with Crippen molar-refractivity contribution in [3.05, 3.63) is 65.1 Å². The van der Waals surface area contributed by atoms with Gasteiger partial charge in [-0.1, -0.05) is 54.6 Å². The predicted molar refractivity (Wildman–Crippen MR) is 97.9 cm³/mol. The summed E-state index contributed by atoms with van der Waals surface area (Å²) in [5, 5.41) is 0. The highest BCUT2D eigenvalue weighted by molar-refractivity contribution is 7.93. The minimum absolute atomic E-state index is 0.167. The van der Waals surface area contributed by atoms with E-state index in [1.807, 2.05) is 54.6 Å². The van der Waals surface area contributed by atoms with Gasteiger partial charge in [-0.2, -0.15) is 4.72 Å². The average Bonchev–Trinajstić information content (AvgIpc) is 2.59. The molecule has 1 aliphatic rings. The molecule has 3 rings (SSSR count). The molecule has 1 aliphatic heterocycles. The van der Waals surface area contributed by atoms with Crippen molar-refractivity contribution < 1.29 is 17.9 Å². The van der Waals surface area contributed by atoms with Gasteiger partial charge in [-0.15, -0.1) is 0 Å². The van der Waals surface area contributed by atoms with Gasteiger partial charge in [-0.25, -0.2) is 8.42 Å². The van der Waals surface area contributed by atoms with Crippen LogP contribution >= 0.6 is 0 Å². The van der Waals surface area contributed by atoms with E-state index in [0.717, 1.165) is 16.7 Å². The minimum Gasteiger partial charge on any atom is -0.342 e. The highest BCUT2D eigenvalue weighted by Gasteiger charge is 2.42. The van der Waals surface area contributed by atoms with Gasteiger partial charge >= 0.3 is 0 Å². The first-order chi connectivity index (χ1) is 11.8. The zero-order chi connectivity index (χ0) is 18.1. The first-order valence-corrected chi connectivity index (χ1v) is 9.41. The number of sulfonamides is 1. The lowest BCUT2D eigenvalue weighted by atomic mass is 10.0. The van der Waals surface area contributed by atoms with Crippen molar-refractivity contribution in [1.29, 1.82) is 0 Å². The number of benzene rings is 2. The summed E-state index contributed by atoms with van der Waals surface area (Å²) >= 11 is 0. The second kappa shape index (κ2) is 6.72. The Morgan fingerprint density at radius 1 is 1.04 bits per heavy atom. The van der Waals surface area contributed by atoms with E-state index in [9.17, 15) is 8.42 Å². The lowest BCUT2D eigenvalue weighted by molar-refractivity contribution is -0.184. The van der Waals surface area contributed by atoms with E-state index >= 15 is 0 Å². The van der Waals surface area contributed by atoms with Crippen molar-refractivity contribution in [2.75, 3.05) is 7.11 Å². The van der Waals surface area contributed by atoms with Gasteiger partial charge in [0.25, 0.3) is 0 Å². The fraction of sp³-hybridized carbons (Fsp3) is 0.263. The van der Waals surface area contributed by atoms with Crippen molar-refractivity contribution >= 4 is 16.1 Å². The van der Waals surface area contributed by atoms with Gasteiger partial charge < -0.3 is 9.47 Å². The molecule has 0 bridgehead atoms. The van der Waals surface area contributed by atoms with Gasteiger partial charge in [-0.3, -0.25) is 0 Å². The van der Waals surface area contributed by atoms with Gasteiger partial charge in [0, 0.05) is 7.11 Å². The van der Waals surface area contributed by atoms with Crippen LogP contribution in [0.15, 0.2) is 59.5 Å². The number of hydrogen-bond acceptors (Lipinski definition) is 4. The maximum Gasteiger partial charge on any atom is 0.243 e. The highest BCUT2D eigenvalue weighted by Crippen LogP contribution is 2.33. The first-order valence-electron chi connectivity index (χ1n) is 7.92. The van der Waals surface area contributed by atoms with Crippen LogP contribution in [0.25, 0.3) is 17.2 Å². The lowest BCUT2D eigenvalue weighted by Gasteiger charge is -2.37. The van der Waals surface area contributed by atoms with Crippen LogP contribution in [0.5, 0.6) is 0 Å². The van der Waals surface area contributed by atoms with E-state index in [2.05, 4.69) is 4.72 Å². The summed E-state index contributed by atoms with van der Waals surface area (Å²) in [5.41, 5.74) is 1.97. The SMILES string of the molecule is COC1NS(=O)(=O)/C(=C/c2ccc(-c3ccccc3)cc2)C(C)(C)O1. The average molecular weight is 359 g/mol. The van der Waals surface area contributed by atoms with Crippen molar-refractivity contribution in [2.45, 2.75) is 25.9 Å². The van der Waals surface area contributed by atoms with Crippen LogP contribution in [0.4, 0.5) is 0 Å². The summed E-state index contributed by atoms with van der Waals surface area (Å²) in [4.78, 5) is 0.167. The van der Waals surface area contributed by atoms with E-state index in [-0.39, 0.29) is 4.91 Å². The van der Waals surface area contributed by atoms with Crippen LogP contribution in [0, 0.1) is 0 Å². The molecule has 0 aliphatic carbocycles. The monoisotopic (exact) mass is 359 g/mol. The minimum atomic E-state index is -3.69. The number of nitrogens with one attached hydrogen (secondary N) is 1. The molecule has 0 amide bonds. The topological polar surface area (TPSA) is 64.6 Å². The Morgan fingerprint density at radius 2 is 1.64 bits per heavy atom. The quantitative estimate of drug-likeness (QED) is 0.913. The fourth-order valence-corrected chi connectivity index (χ4v) is 4.28. The number of methoxy groups -OCH3 is 1. The fourth-order valence-electron chi connectivity index (χ4n) is 2.76. The van der Waals surface area contributed by atoms with E-state index in [4.69, 9.17) is 9.47 Å². The molecule has 1 fully saturated rings. The van der Waals surface area contributed by atoms with Crippen LogP contribution in [0.1, 0.15) is 19.4 Å². The second-order valence-corrected chi connectivity index (χ2v) is 8.00. The summed E-state index contributed by atoms with van der Waals surface area (Å²) in [7, 11) is -2.30. The third kappa shape index (κ3) is 3.82. The molecular formula is C19H21NO4S. The number of rotatable bonds is 3. The largest absolute Gasteiger partial charge is 0.342 e. The van der Waals surface area contributed by atoms with Crippen LogP contribution < -0.4 is 4.72 Å². The van der Waals surface area contributed by atoms with Gasteiger partial charge in [0.2, 0.25) is 16.4 Å². The highest BCUT2D eigenvalue weighted by atomic mass is 32.2. The zero-order valence-corrected chi connectivity index (χ0v) is 15.2. The van der Waals surface area contributed by atoms with Gasteiger partial charge in [0.15, 0.2) is 0 Å². The normalized spacial score (nSPS) is 23.5. The molecule has 0 aromatic heterocycles. The molecule has 1 atom stereocenters. The molecule has 6 heteroatoms. The number of hydrogen-bond donors (Lipinski definition) is 1. The van der Waals surface area contributed by atoms with Crippen molar-refractivity contribution in [3.8, 4) is 11.1 Å². The smallest absolute Gasteiger partial charge is 0.243 e. The summed E-state index contributed by atoms with van der Waals surface area (Å²) in [6.45, 7) is 3.42. The first kappa shape index (κ1) is 17.8. The summed E-state index contributed by atoms with van der Waals surface area (Å²) in [5.74, 6) is 0. The third-order valence-corrected chi connectivity index (χ3v) is 5.76. The van der Waals surface area contributed by atoms with Crippen molar-refractivity contribution in [2.24, 2.45) is 0 Å². The van der Waals surface area contributed by atoms with Crippen molar-refractivity contribution in [3.63, 3.8) is 0 Å². The Bertz CT molecular complexity index is 871. The molecule has 1 unspecified atom stereocenters. The van der Waals surface area contributed by atoms with E-state index < -0.39 is 22.0 Å². The molecule has 132 valence electrons. The molecule has 2 aromatic rings. The lowest BCUT2D eigenvalue weighted by Crippen LogP contribution is -2.53. The Kier molecular flexibility index (Phi) is 4.79. The maximum absolute atomic E-state index is 12.5. The van der Waals surface area contributed by atoms with E-state index in [1.54, 1.807) is 19.9 Å². The van der Waals surface area contributed by atoms with Crippen LogP contribution in [0.3, 0.4) is 0 Å². The van der Waals surface area contributed by atoms with Crippen LogP contribution in [-0.4, -0.2) is 27.5 Å². The molecule has 1 heterocycles. The molecular weight excluding hydrogens is 338 g/mol. The molecule has 0 spiro atoms. The molecule has 0 saturated carbocycles. The molecule has 0 radical (unpaired) electrons. The van der Waals surface area contributed by atoms with Crippen LogP contribution in [-0.2, 0) is 19.5 Å². The zero-order valence-electron chi connectivity index (χ0n) is 14.4. The van der Waals surface area contributed by atoms with Gasteiger partial charge in [-0.05, 0) is 36.6 Å². The summed E-state index contributed by atoms with van der Waals surface area (Å²) in [6, 6.07) is 17.7. The Labute approximate surface area is 148 Å². The third-order valence-electron chi connectivity index (χ3n) is 4.07. The van der Waals surface area contributed by atoms with E-state index in [1.165, 1.54) is 7.11 Å². The molecule has 5 nitrogen and oxygen atoms in total. The van der Waals surface area contributed by atoms with Gasteiger partial charge in [0.1, 0.15) is 5.60 Å². The van der Waals surface area contributed by atoms with Crippen LogP contribution in [0.2, 0.25) is 0 Å². The Morgan fingerprint density at radius 3 is 2.20 bits per heavy atom. The van der Waals surface area contributed by atoms with Crippen molar-refractivity contribution in [1.82, 2.24) is 4.72 Å². The summed E-state index contributed by atoms with van der Waals surface area (Å²) < 4.78 is 38.0. The maximum atomic E-state index is 12.5.